The fourth-order valence-corrected chi connectivity index (χ4v) is 3.63. The normalized spacial score (nSPS) is 19.9. The Morgan fingerprint density at radius 2 is 1.92 bits per heavy atom. The van der Waals surface area contributed by atoms with Crippen molar-refractivity contribution in [2.24, 2.45) is 0 Å². The van der Waals surface area contributed by atoms with Crippen LogP contribution in [0.1, 0.15) is 35.0 Å². The Kier molecular flexibility index (Phi) is 4.81. The maximum atomic E-state index is 12.9. The molecule has 4 nitrogen and oxygen atoms in total. The molecule has 24 heavy (non-hydrogen) atoms. The molecule has 0 radical (unpaired) electrons. The van der Waals surface area contributed by atoms with E-state index < -0.39 is 18.0 Å². The average molecular weight is 342 g/mol. The molecule has 5 heteroatoms. The molecule has 0 bridgehead atoms. The molecule has 0 spiro atoms. The Bertz CT molecular complexity index is 762. The molecule has 124 valence electrons. The van der Waals surface area contributed by atoms with Crippen LogP contribution < -0.4 is 0 Å². The van der Waals surface area contributed by atoms with Crippen LogP contribution in [0.4, 0.5) is 0 Å². The summed E-state index contributed by atoms with van der Waals surface area (Å²) in [6, 6.07) is 13.1. The van der Waals surface area contributed by atoms with Crippen LogP contribution in [0.15, 0.2) is 59.2 Å². The lowest BCUT2D eigenvalue weighted by Gasteiger charge is -2.19. The molecular weight excluding hydrogens is 324 g/mol. The molecule has 0 fully saturated rings. The minimum atomic E-state index is -0.745. The minimum absolute atomic E-state index is 0.113. The highest BCUT2D eigenvalue weighted by Crippen LogP contribution is 2.41. The van der Waals surface area contributed by atoms with Gasteiger partial charge < -0.3 is 9.47 Å². The Balaban J connectivity index is 2.02. The highest BCUT2D eigenvalue weighted by atomic mass is 32.1. The van der Waals surface area contributed by atoms with Crippen molar-refractivity contribution in [3.05, 3.63) is 69.6 Å². The first-order valence-electron chi connectivity index (χ1n) is 7.80. The summed E-state index contributed by atoms with van der Waals surface area (Å²) in [4.78, 5) is 25.9. The van der Waals surface area contributed by atoms with Gasteiger partial charge in [-0.1, -0.05) is 36.4 Å². The zero-order chi connectivity index (χ0) is 17.1. The van der Waals surface area contributed by atoms with Crippen LogP contribution >= 0.6 is 11.3 Å². The van der Waals surface area contributed by atoms with Crippen LogP contribution in [-0.4, -0.2) is 24.5 Å². The van der Waals surface area contributed by atoms with E-state index in [1.54, 1.807) is 19.9 Å². The van der Waals surface area contributed by atoms with E-state index in [4.69, 9.17) is 9.47 Å². The van der Waals surface area contributed by atoms with E-state index in [2.05, 4.69) is 0 Å². The van der Waals surface area contributed by atoms with E-state index >= 15 is 0 Å². The monoisotopic (exact) mass is 342 g/mol. The van der Waals surface area contributed by atoms with Crippen LogP contribution in [0.5, 0.6) is 0 Å². The number of thiophene rings is 1. The summed E-state index contributed by atoms with van der Waals surface area (Å²) in [5.41, 5.74) is 1.30. The molecule has 0 saturated carbocycles. The van der Waals surface area contributed by atoms with Gasteiger partial charge in [-0.05, 0) is 30.9 Å². The molecule has 0 unspecified atom stereocenters. The number of allylic oxidation sites excluding steroid dienone is 1. The van der Waals surface area contributed by atoms with Crippen molar-refractivity contribution < 1.29 is 19.1 Å². The van der Waals surface area contributed by atoms with Crippen LogP contribution in [0.3, 0.4) is 0 Å². The summed E-state index contributed by atoms with van der Waals surface area (Å²) >= 11 is 1.37. The highest BCUT2D eigenvalue weighted by molar-refractivity contribution is 7.12. The topological polar surface area (TPSA) is 52.6 Å². The van der Waals surface area contributed by atoms with E-state index in [1.165, 1.54) is 11.3 Å². The second kappa shape index (κ2) is 7.01. The molecule has 1 aromatic carbocycles. The standard InChI is InChI=1S/C19H18O4S/c1-3-22-19(21)15-12(2)23-18(17(20)14-10-7-11-24-14)16(15)13-8-5-4-6-9-13/h4-11,16,18H,3H2,1-2H3/t16-,18-/m1/s1. The fraction of sp³-hybridized carbons (Fsp3) is 0.263. The predicted octanol–water partition coefficient (Wildman–Crippen LogP) is 3.95. The van der Waals surface area contributed by atoms with Gasteiger partial charge in [0.25, 0.3) is 0 Å². The van der Waals surface area contributed by atoms with Gasteiger partial charge in [0.1, 0.15) is 5.76 Å². The van der Waals surface area contributed by atoms with Crippen LogP contribution in [0.2, 0.25) is 0 Å². The summed E-state index contributed by atoms with van der Waals surface area (Å²) in [7, 11) is 0. The smallest absolute Gasteiger partial charge is 0.338 e. The third-order valence-corrected chi connectivity index (χ3v) is 4.86. The Morgan fingerprint density at radius 3 is 2.54 bits per heavy atom. The first-order valence-corrected chi connectivity index (χ1v) is 8.68. The maximum absolute atomic E-state index is 12.9. The fourth-order valence-electron chi connectivity index (χ4n) is 2.94. The SMILES string of the molecule is CCOC(=O)C1=C(C)O[C@@H](C(=O)c2cccs2)[C@@H]1c1ccccc1. The Morgan fingerprint density at radius 1 is 1.17 bits per heavy atom. The lowest BCUT2D eigenvalue weighted by molar-refractivity contribution is -0.138. The van der Waals surface area contributed by atoms with Crippen molar-refractivity contribution in [1.29, 1.82) is 0 Å². The van der Waals surface area contributed by atoms with E-state index in [9.17, 15) is 9.59 Å². The van der Waals surface area contributed by atoms with Gasteiger partial charge in [0, 0.05) is 0 Å². The van der Waals surface area contributed by atoms with Gasteiger partial charge in [-0.2, -0.15) is 0 Å². The van der Waals surface area contributed by atoms with Crippen molar-refractivity contribution >= 4 is 23.1 Å². The summed E-state index contributed by atoms with van der Waals surface area (Å²) < 4.78 is 11.0. The number of rotatable bonds is 5. The number of carbonyl (C=O) groups excluding carboxylic acids is 2. The zero-order valence-electron chi connectivity index (χ0n) is 13.5. The van der Waals surface area contributed by atoms with Crippen molar-refractivity contribution in [1.82, 2.24) is 0 Å². The molecule has 1 aromatic heterocycles. The predicted molar refractivity (Wildman–Crippen MR) is 92.0 cm³/mol. The first kappa shape index (κ1) is 16.5. The molecule has 1 aliphatic heterocycles. The molecule has 0 N–H and O–H groups in total. The summed E-state index contributed by atoms with van der Waals surface area (Å²) in [6.45, 7) is 3.75. The van der Waals surface area contributed by atoms with E-state index in [0.717, 1.165) is 5.56 Å². The number of hydrogen-bond acceptors (Lipinski definition) is 5. The third-order valence-electron chi connectivity index (χ3n) is 3.97. The molecular formula is C19H18O4S. The van der Waals surface area contributed by atoms with E-state index in [1.807, 2.05) is 41.8 Å². The van der Waals surface area contributed by atoms with Gasteiger partial charge in [-0.15, -0.1) is 11.3 Å². The van der Waals surface area contributed by atoms with Gasteiger partial charge in [-0.3, -0.25) is 4.79 Å². The summed E-state index contributed by atoms with van der Waals surface area (Å²) in [5.74, 6) is -0.542. The molecule has 0 amide bonds. The molecule has 2 heterocycles. The number of benzene rings is 1. The van der Waals surface area contributed by atoms with Crippen molar-refractivity contribution in [3.8, 4) is 0 Å². The van der Waals surface area contributed by atoms with Gasteiger partial charge >= 0.3 is 5.97 Å². The van der Waals surface area contributed by atoms with Crippen LogP contribution in [0.25, 0.3) is 0 Å². The first-order chi connectivity index (χ1) is 11.6. The zero-order valence-corrected chi connectivity index (χ0v) is 14.3. The van der Waals surface area contributed by atoms with Gasteiger partial charge in [0.05, 0.1) is 23.0 Å². The molecule has 0 aliphatic carbocycles. The van der Waals surface area contributed by atoms with Crippen molar-refractivity contribution in [3.63, 3.8) is 0 Å². The van der Waals surface area contributed by atoms with Gasteiger partial charge in [-0.25, -0.2) is 4.79 Å². The molecule has 3 rings (SSSR count). The number of carbonyl (C=O) groups is 2. The second-order valence-electron chi connectivity index (χ2n) is 5.46. The third kappa shape index (κ3) is 2.99. The minimum Gasteiger partial charge on any atom is -0.485 e. The number of hydrogen-bond donors (Lipinski definition) is 0. The maximum Gasteiger partial charge on any atom is 0.338 e. The highest BCUT2D eigenvalue weighted by Gasteiger charge is 2.44. The van der Waals surface area contributed by atoms with Crippen molar-refractivity contribution in [2.75, 3.05) is 6.61 Å². The van der Waals surface area contributed by atoms with Gasteiger partial charge in [0.15, 0.2) is 6.10 Å². The molecule has 2 aromatic rings. The molecule has 0 saturated heterocycles. The van der Waals surface area contributed by atoms with E-state index in [0.29, 0.717) is 16.2 Å². The lowest BCUT2D eigenvalue weighted by atomic mass is 9.85. The number of Topliss-reactive ketones (excluding diaryl/α,β-unsaturated/α-hetero) is 1. The van der Waals surface area contributed by atoms with E-state index in [-0.39, 0.29) is 12.4 Å². The summed E-state index contributed by atoms with van der Waals surface area (Å²) in [6.07, 6.45) is -0.745. The van der Waals surface area contributed by atoms with Crippen LogP contribution in [0, 0.1) is 0 Å². The Labute approximate surface area is 144 Å². The quantitative estimate of drug-likeness (QED) is 0.610. The molecule has 2 atom stereocenters. The number of ether oxygens (including phenoxy) is 2. The summed E-state index contributed by atoms with van der Waals surface area (Å²) in [5, 5.41) is 1.85. The number of esters is 1. The number of ketones is 1. The van der Waals surface area contributed by atoms with Gasteiger partial charge in [0.2, 0.25) is 5.78 Å². The second-order valence-corrected chi connectivity index (χ2v) is 6.41. The lowest BCUT2D eigenvalue weighted by Crippen LogP contribution is -2.28. The Hall–Kier alpha value is -2.40. The molecule has 1 aliphatic rings. The largest absolute Gasteiger partial charge is 0.485 e. The van der Waals surface area contributed by atoms with Crippen molar-refractivity contribution in [2.45, 2.75) is 25.9 Å². The van der Waals surface area contributed by atoms with Crippen LogP contribution in [-0.2, 0) is 14.3 Å². The average Bonchev–Trinajstić information content (AvgIpc) is 3.23.